The van der Waals surface area contributed by atoms with E-state index in [4.69, 9.17) is 4.74 Å². The van der Waals surface area contributed by atoms with Crippen LogP contribution in [0.25, 0.3) is 0 Å². The second kappa shape index (κ2) is 7.25. The highest BCUT2D eigenvalue weighted by Gasteiger charge is 2.14. The van der Waals surface area contributed by atoms with Crippen molar-refractivity contribution in [3.05, 3.63) is 39.4 Å². The van der Waals surface area contributed by atoms with Crippen LogP contribution in [0.1, 0.15) is 35.7 Å². The number of aryl methyl sites for hydroxylation is 1. The summed E-state index contributed by atoms with van der Waals surface area (Å²) in [7, 11) is 0. The molecule has 0 fully saturated rings. The van der Waals surface area contributed by atoms with Gasteiger partial charge < -0.3 is 4.74 Å². The summed E-state index contributed by atoms with van der Waals surface area (Å²) in [6.45, 7) is 2.05. The van der Waals surface area contributed by atoms with Crippen LogP contribution in [0.15, 0.2) is 18.2 Å². The summed E-state index contributed by atoms with van der Waals surface area (Å²) in [6, 6.07) is 4.32. The Balaban J connectivity index is 2.70. The zero-order chi connectivity index (χ0) is 14.3. The minimum atomic E-state index is -0.521. The quantitative estimate of drug-likeness (QED) is 0.327. The summed E-state index contributed by atoms with van der Waals surface area (Å²) in [5.74, 6) is -0.310. The molecule has 1 aromatic carbocycles. The molecule has 0 saturated carbocycles. The molecule has 0 heterocycles. The van der Waals surface area contributed by atoms with Crippen LogP contribution in [0.4, 0.5) is 5.69 Å². The van der Waals surface area contributed by atoms with Crippen molar-refractivity contribution < 1.29 is 19.2 Å². The van der Waals surface area contributed by atoms with Crippen LogP contribution in [-0.2, 0) is 16.0 Å². The third-order valence-electron chi connectivity index (χ3n) is 2.57. The molecule has 1 aromatic rings. The van der Waals surface area contributed by atoms with Gasteiger partial charge in [-0.05, 0) is 19.8 Å². The molecule has 102 valence electrons. The van der Waals surface area contributed by atoms with E-state index in [1.807, 2.05) is 0 Å². The van der Waals surface area contributed by atoms with Crippen molar-refractivity contribution in [3.63, 3.8) is 0 Å². The zero-order valence-electron chi connectivity index (χ0n) is 10.6. The van der Waals surface area contributed by atoms with Crippen LogP contribution in [-0.4, -0.2) is 23.8 Å². The number of carbonyl (C=O) groups excluding carboxylic acids is 2. The highest BCUT2D eigenvalue weighted by atomic mass is 16.6. The number of carbonyl (C=O) groups is 2. The van der Waals surface area contributed by atoms with Gasteiger partial charge in [-0.3, -0.25) is 19.7 Å². The maximum atomic E-state index is 11.2. The highest BCUT2D eigenvalue weighted by molar-refractivity contribution is 5.76. The van der Waals surface area contributed by atoms with E-state index in [1.165, 1.54) is 12.1 Å². The molecule has 0 bridgehead atoms. The van der Waals surface area contributed by atoms with Crippen LogP contribution in [0, 0.1) is 10.1 Å². The first-order valence-corrected chi connectivity index (χ1v) is 5.96. The highest BCUT2D eigenvalue weighted by Crippen LogP contribution is 2.21. The molecule has 0 saturated heterocycles. The SMILES string of the molecule is CCOC(=O)CCCc1ccc(C=O)cc1[N+](=O)[O-]. The Kier molecular flexibility index (Phi) is 5.66. The number of benzene rings is 1. The maximum absolute atomic E-state index is 11.2. The summed E-state index contributed by atoms with van der Waals surface area (Å²) in [5, 5.41) is 10.9. The molecule has 0 amide bonds. The van der Waals surface area contributed by atoms with Gasteiger partial charge in [-0.25, -0.2) is 0 Å². The second-order valence-electron chi connectivity index (χ2n) is 3.92. The van der Waals surface area contributed by atoms with Gasteiger partial charge in [0.1, 0.15) is 6.29 Å². The van der Waals surface area contributed by atoms with E-state index >= 15 is 0 Å². The van der Waals surface area contributed by atoms with Crippen LogP contribution in [0.3, 0.4) is 0 Å². The lowest BCUT2D eigenvalue weighted by atomic mass is 10.0. The lowest BCUT2D eigenvalue weighted by molar-refractivity contribution is -0.385. The summed E-state index contributed by atoms with van der Waals surface area (Å²) in [6.07, 6.45) is 1.66. The lowest BCUT2D eigenvalue weighted by Crippen LogP contribution is -2.04. The second-order valence-corrected chi connectivity index (χ2v) is 3.92. The van der Waals surface area contributed by atoms with Crippen LogP contribution < -0.4 is 0 Å². The van der Waals surface area contributed by atoms with Crippen LogP contribution in [0.2, 0.25) is 0 Å². The predicted octanol–water partition coefficient (Wildman–Crippen LogP) is 2.29. The first-order chi connectivity index (χ1) is 9.08. The number of aldehydes is 1. The topological polar surface area (TPSA) is 86.5 Å². The number of nitro groups is 1. The van der Waals surface area contributed by atoms with Gasteiger partial charge in [0.15, 0.2) is 0 Å². The molecule has 0 spiro atoms. The van der Waals surface area contributed by atoms with Crippen molar-refractivity contribution in [1.29, 1.82) is 0 Å². The van der Waals surface area contributed by atoms with Crippen molar-refractivity contribution in [1.82, 2.24) is 0 Å². The van der Waals surface area contributed by atoms with Gasteiger partial charge in [-0.15, -0.1) is 0 Å². The monoisotopic (exact) mass is 265 g/mol. The Morgan fingerprint density at radius 1 is 1.47 bits per heavy atom. The Bertz CT molecular complexity index is 484. The van der Waals surface area contributed by atoms with Crippen LogP contribution >= 0.6 is 0 Å². The number of nitrogens with zero attached hydrogens (tertiary/aromatic N) is 1. The molecule has 0 radical (unpaired) electrons. The van der Waals surface area contributed by atoms with Gasteiger partial charge in [0.25, 0.3) is 5.69 Å². The van der Waals surface area contributed by atoms with Crippen molar-refractivity contribution >= 4 is 17.9 Å². The lowest BCUT2D eigenvalue weighted by Gasteiger charge is -2.04. The Labute approximate surface area is 110 Å². The average molecular weight is 265 g/mol. The number of nitro benzene ring substituents is 1. The third-order valence-corrected chi connectivity index (χ3v) is 2.57. The van der Waals surface area contributed by atoms with E-state index < -0.39 is 4.92 Å². The standard InChI is InChI=1S/C13H15NO5/c1-2-19-13(16)5-3-4-11-7-6-10(9-15)8-12(11)14(17)18/h6-9H,2-5H2,1H3. The van der Waals surface area contributed by atoms with E-state index in [2.05, 4.69) is 0 Å². The fourth-order valence-electron chi connectivity index (χ4n) is 1.69. The normalized spacial score (nSPS) is 9.95. The summed E-state index contributed by atoms with van der Waals surface area (Å²) >= 11 is 0. The fourth-order valence-corrected chi connectivity index (χ4v) is 1.69. The molecule has 0 aliphatic carbocycles. The van der Waals surface area contributed by atoms with E-state index in [-0.39, 0.29) is 23.6 Å². The number of ether oxygens (including phenoxy) is 1. The first-order valence-electron chi connectivity index (χ1n) is 5.96. The molecule has 6 heteroatoms. The van der Waals surface area contributed by atoms with Crippen molar-refractivity contribution in [3.8, 4) is 0 Å². The van der Waals surface area contributed by atoms with E-state index in [0.29, 0.717) is 31.3 Å². The molecule has 0 N–H and O–H groups in total. The van der Waals surface area contributed by atoms with Crippen molar-refractivity contribution in [2.45, 2.75) is 26.2 Å². The van der Waals surface area contributed by atoms with Gasteiger partial charge >= 0.3 is 5.97 Å². The number of rotatable bonds is 7. The van der Waals surface area contributed by atoms with Gasteiger partial charge in [0, 0.05) is 23.6 Å². The largest absolute Gasteiger partial charge is 0.466 e. The molecule has 6 nitrogen and oxygen atoms in total. The molecule has 0 aromatic heterocycles. The molecule has 0 atom stereocenters. The molecule has 19 heavy (non-hydrogen) atoms. The van der Waals surface area contributed by atoms with E-state index in [9.17, 15) is 19.7 Å². The van der Waals surface area contributed by atoms with Crippen LogP contribution in [0.5, 0.6) is 0 Å². The van der Waals surface area contributed by atoms with Gasteiger partial charge in [0.2, 0.25) is 0 Å². The molecule has 0 aliphatic heterocycles. The van der Waals surface area contributed by atoms with Gasteiger partial charge in [-0.1, -0.05) is 12.1 Å². The molecular weight excluding hydrogens is 250 g/mol. The van der Waals surface area contributed by atoms with Crippen molar-refractivity contribution in [2.75, 3.05) is 6.61 Å². The predicted molar refractivity (Wildman–Crippen MR) is 68.1 cm³/mol. The third kappa shape index (κ3) is 4.50. The average Bonchev–Trinajstić information content (AvgIpc) is 2.39. The number of hydrogen-bond donors (Lipinski definition) is 0. The maximum Gasteiger partial charge on any atom is 0.305 e. The first kappa shape index (κ1) is 14.8. The smallest absolute Gasteiger partial charge is 0.305 e. The van der Waals surface area contributed by atoms with Gasteiger partial charge in [-0.2, -0.15) is 0 Å². The summed E-state index contributed by atoms with van der Waals surface area (Å²) < 4.78 is 4.77. The Morgan fingerprint density at radius 2 is 2.21 bits per heavy atom. The molecule has 0 unspecified atom stereocenters. The summed E-state index contributed by atoms with van der Waals surface area (Å²) in [5.41, 5.74) is 0.689. The molecule has 0 aliphatic rings. The van der Waals surface area contributed by atoms with Crippen molar-refractivity contribution in [2.24, 2.45) is 0 Å². The van der Waals surface area contributed by atoms with Gasteiger partial charge in [0.05, 0.1) is 11.5 Å². The molecular formula is C13H15NO5. The number of esters is 1. The minimum Gasteiger partial charge on any atom is -0.466 e. The fraction of sp³-hybridized carbons (Fsp3) is 0.385. The van der Waals surface area contributed by atoms with E-state index in [1.54, 1.807) is 13.0 Å². The molecule has 1 rings (SSSR count). The summed E-state index contributed by atoms with van der Waals surface area (Å²) in [4.78, 5) is 32.1. The zero-order valence-corrected chi connectivity index (χ0v) is 10.6. The Hall–Kier alpha value is -2.24. The minimum absolute atomic E-state index is 0.0894. The van der Waals surface area contributed by atoms with E-state index in [0.717, 1.165) is 0 Å². The Morgan fingerprint density at radius 3 is 2.79 bits per heavy atom. The number of hydrogen-bond acceptors (Lipinski definition) is 5.